The number of nitrogens with one attached hydrogen (secondary N) is 2. The Morgan fingerprint density at radius 2 is 2.29 bits per heavy atom. The molecule has 0 spiro atoms. The van der Waals surface area contributed by atoms with Crippen molar-refractivity contribution in [1.82, 2.24) is 5.32 Å². The van der Waals surface area contributed by atoms with Crippen molar-refractivity contribution in [3.63, 3.8) is 0 Å². The van der Waals surface area contributed by atoms with Gasteiger partial charge in [0, 0.05) is 24.7 Å². The van der Waals surface area contributed by atoms with E-state index in [1.54, 1.807) is 6.07 Å². The molecule has 2 N–H and O–H groups in total. The van der Waals surface area contributed by atoms with Gasteiger partial charge in [-0.15, -0.1) is 0 Å². The van der Waals surface area contributed by atoms with Gasteiger partial charge >= 0.3 is 0 Å². The minimum Gasteiger partial charge on any atom is -0.326 e. The highest BCUT2D eigenvalue weighted by Crippen LogP contribution is 2.20. The summed E-state index contributed by atoms with van der Waals surface area (Å²) in [6, 6.07) is 6.13. The van der Waals surface area contributed by atoms with Crippen LogP contribution in [0.4, 0.5) is 5.69 Å². The van der Waals surface area contributed by atoms with Gasteiger partial charge in [-0.1, -0.05) is 11.6 Å². The quantitative estimate of drug-likeness (QED) is 0.860. The van der Waals surface area contributed by atoms with Crippen LogP contribution in [0, 0.1) is 11.3 Å². The first kappa shape index (κ1) is 15.8. The fraction of sp³-hybridized carbons (Fsp3) is 0.385. The minimum atomic E-state index is -3.07. The van der Waals surface area contributed by atoms with Crippen LogP contribution < -0.4 is 10.6 Å². The monoisotopic (exact) mass is 327 g/mol. The second kappa shape index (κ2) is 6.43. The highest BCUT2D eigenvalue weighted by molar-refractivity contribution is 7.91. The molecule has 1 aromatic rings. The van der Waals surface area contributed by atoms with E-state index in [0.717, 1.165) is 0 Å². The Kier molecular flexibility index (Phi) is 4.83. The molecule has 1 amide bonds. The zero-order valence-electron chi connectivity index (χ0n) is 11.1. The number of carbonyl (C=O) groups excluding carboxylic acids is 1. The smallest absolute Gasteiger partial charge is 0.225 e. The van der Waals surface area contributed by atoms with Crippen LogP contribution in [0.2, 0.25) is 5.02 Å². The molecule has 0 radical (unpaired) electrons. The van der Waals surface area contributed by atoms with Crippen LogP contribution in [0.25, 0.3) is 0 Å². The molecule has 8 heteroatoms. The number of nitrogens with zero attached hydrogens (tertiary/aromatic N) is 1. The molecule has 0 bridgehead atoms. The average molecular weight is 328 g/mol. The van der Waals surface area contributed by atoms with E-state index in [4.69, 9.17) is 16.9 Å². The third-order valence-corrected chi connectivity index (χ3v) is 5.16. The number of benzene rings is 1. The van der Waals surface area contributed by atoms with E-state index >= 15 is 0 Å². The number of hydrogen-bond donors (Lipinski definition) is 2. The summed E-state index contributed by atoms with van der Waals surface area (Å²) in [7, 11) is -3.07. The van der Waals surface area contributed by atoms with E-state index in [1.165, 1.54) is 12.1 Å². The van der Waals surface area contributed by atoms with Crippen LogP contribution in [0.15, 0.2) is 18.2 Å². The summed E-state index contributed by atoms with van der Waals surface area (Å²) in [5.41, 5.74) is 0.803. The molecule has 1 saturated heterocycles. The fourth-order valence-corrected chi connectivity index (χ4v) is 3.78. The van der Waals surface area contributed by atoms with Crippen LogP contribution in [0.1, 0.15) is 12.0 Å². The van der Waals surface area contributed by atoms with Gasteiger partial charge in [-0.05, 0) is 18.2 Å². The van der Waals surface area contributed by atoms with Crippen LogP contribution in [0.5, 0.6) is 0 Å². The predicted octanol–water partition coefficient (Wildman–Crippen LogP) is 0.927. The predicted molar refractivity (Wildman–Crippen MR) is 79.9 cm³/mol. The van der Waals surface area contributed by atoms with Crippen molar-refractivity contribution >= 4 is 33.0 Å². The van der Waals surface area contributed by atoms with E-state index in [0.29, 0.717) is 17.8 Å². The molecular weight excluding hydrogens is 314 g/mol. The Balaban J connectivity index is 1.96. The standard InChI is InChI=1S/C13H14ClN3O3S/c14-12-5-10(2-1-9(12)7-15)17-13(18)6-11-8-21(19,20)4-3-16-11/h1-2,5,11,16H,3-4,6,8H2,(H,17,18). The number of amides is 1. The van der Waals surface area contributed by atoms with E-state index in [1.807, 2.05) is 6.07 Å². The van der Waals surface area contributed by atoms with Crippen molar-refractivity contribution in [2.75, 3.05) is 23.4 Å². The van der Waals surface area contributed by atoms with Crippen molar-refractivity contribution < 1.29 is 13.2 Å². The number of nitriles is 1. The topological polar surface area (TPSA) is 99.1 Å². The molecule has 1 aliphatic heterocycles. The lowest BCUT2D eigenvalue weighted by Crippen LogP contribution is -2.46. The fourth-order valence-electron chi connectivity index (χ4n) is 2.12. The lowest BCUT2D eigenvalue weighted by molar-refractivity contribution is -0.116. The normalized spacial score (nSPS) is 20.5. The Labute approximate surface area is 128 Å². The van der Waals surface area contributed by atoms with E-state index < -0.39 is 9.84 Å². The SMILES string of the molecule is N#Cc1ccc(NC(=O)CC2CS(=O)(=O)CCN2)cc1Cl. The Bertz CT molecular complexity index is 697. The first-order valence-corrected chi connectivity index (χ1v) is 8.53. The third kappa shape index (κ3) is 4.43. The van der Waals surface area contributed by atoms with E-state index in [2.05, 4.69) is 10.6 Å². The molecule has 1 atom stereocenters. The van der Waals surface area contributed by atoms with E-state index in [9.17, 15) is 13.2 Å². The van der Waals surface area contributed by atoms with E-state index in [-0.39, 0.29) is 34.9 Å². The molecule has 1 aromatic carbocycles. The van der Waals surface area contributed by atoms with Crippen molar-refractivity contribution in [3.05, 3.63) is 28.8 Å². The second-order valence-electron chi connectivity index (χ2n) is 4.82. The van der Waals surface area contributed by atoms with Crippen LogP contribution in [-0.2, 0) is 14.6 Å². The average Bonchev–Trinajstić information content (AvgIpc) is 2.37. The van der Waals surface area contributed by atoms with Gasteiger partial charge in [0.1, 0.15) is 6.07 Å². The highest BCUT2D eigenvalue weighted by Gasteiger charge is 2.25. The van der Waals surface area contributed by atoms with Gasteiger partial charge in [0.05, 0.1) is 22.1 Å². The summed E-state index contributed by atoms with van der Waals surface area (Å²) < 4.78 is 23.0. The molecule has 1 heterocycles. The Hall–Kier alpha value is -1.62. The summed E-state index contributed by atoms with van der Waals surface area (Å²) >= 11 is 5.88. The maximum absolute atomic E-state index is 11.9. The lowest BCUT2D eigenvalue weighted by Gasteiger charge is -2.23. The molecule has 0 saturated carbocycles. The number of sulfone groups is 1. The van der Waals surface area contributed by atoms with Gasteiger partial charge < -0.3 is 10.6 Å². The first-order chi connectivity index (χ1) is 9.89. The van der Waals surface area contributed by atoms with Gasteiger partial charge in [0.25, 0.3) is 0 Å². The van der Waals surface area contributed by atoms with Crippen LogP contribution >= 0.6 is 11.6 Å². The number of hydrogen-bond acceptors (Lipinski definition) is 5. The number of halogens is 1. The minimum absolute atomic E-state index is 0.0332. The van der Waals surface area contributed by atoms with Crippen molar-refractivity contribution in [2.45, 2.75) is 12.5 Å². The van der Waals surface area contributed by atoms with Gasteiger partial charge in [0.15, 0.2) is 9.84 Å². The van der Waals surface area contributed by atoms with Gasteiger partial charge in [0.2, 0.25) is 5.91 Å². The van der Waals surface area contributed by atoms with Crippen molar-refractivity contribution in [1.29, 1.82) is 5.26 Å². The number of anilines is 1. The molecule has 1 fully saturated rings. The van der Waals surface area contributed by atoms with Crippen LogP contribution in [0.3, 0.4) is 0 Å². The maximum Gasteiger partial charge on any atom is 0.225 e. The maximum atomic E-state index is 11.9. The summed E-state index contributed by atoms with van der Waals surface area (Å²) in [6.07, 6.45) is 0.0663. The summed E-state index contributed by atoms with van der Waals surface area (Å²) in [4.78, 5) is 11.9. The van der Waals surface area contributed by atoms with Gasteiger partial charge in [-0.3, -0.25) is 4.79 Å². The summed E-state index contributed by atoms with van der Waals surface area (Å²) in [5, 5.41) is 14.7. The number of rotatable bonds is 3. The molecule has 1 aliphatic rings. The molecule has 0 aromatic heterocycles. The first-order valence-electron chi connectivity index (χ1n) is 6.33. The van der Waals surface area contributed by atoms with Crippen LogP contribution in [-0.4, -0.2) is 38.4 Å². The number of carbonyl (C=O) groups is 1. The summed E-state index contributed by atoms with van der Waals surface area (Å²) in [5.74, 6) is -0.226. The molecular formula is C13H14ClN3O3S. The Morgan fingerprint density at radius 1 is 1.52 bits per heavy atom. The zero-order valence-corrected chi connectivity index (χ0v) is 12.7. The largest absolute Gasteiger partial charge is 0.326 e. The molecule has 21 heavy (non-hydrogen) atoms. The summed E-state index contributed by atoms with van der Waals surface area (Å²) in [6.45, 7) is 0.364. The van der Waals surface area contributed by atoms with Gasteiger partial charge in [-0.2, -0.15) is 5.26 Å². The lowest BCUT2D eigenvalue weighted by atomic mass is 10.2. The zero-order chi connectivity index (χ0) is 15.5. The highest BCUT2D eigenvalue weighted by atomic mass is 35.5. The molecule has 6 nitrogen and oxygen atoms in total. The molecule has 112 valence electrons. The molecule has 2 rings (SSSR count). The second-order valence-corrected chi connectivity index (χ2v) is 7.46. The Morgan fingerprint density at radius 3 is 2.90 bits per heavy atom. The molecule has 0 aliphatic carbocycles. The molecule has 1 unspecified atom stereocenters. The van der Waals surface area contributed by atoms with Crippen molar-refractivity contribution in [3.8, 4) is 6.07 Å². The van der Waals surface area contributed by atoms with Gasteiger partial charge in [-0.25, -0.2) is 8.42 Å². The third-order valence-electron chi connectivity index (χ3n) is 3.11. The van der Waals surface area contributed by atoms with Crippen molar-refractivity contribution in [2.24, 2.45) is 0 Å².